The van der Waals surface area contributed by atoms with Gasteiger partial charge in [-0.3, -0.25) is 4.79 Å². The number of carbonyl (C=O) groups is 2. The van der Waals surface area contributed by atoms with Gasteiger partial charge in [0.1, 0.15) is 5.75 Å². The van der Waals surface area contributed by atoms with Crippen molar-refractivity contribution in [3.8, 4) is 5.75 Å². The lowest BCUT2D eigenvalue weighted by Gasteiger charge is -2.32. The van der Waals surface area contributed by atoms with Gasteiger partial charge < -0.3 is 19.4 Å². The zero-order valence-corrected chi connectivity index (χ0v) is 18.0. The van der Waals surface area contributed by atoms with Gasteiger partial charge in [0.2, 0.25) is 5.91 Å². The van der Waals surface area contributed by atoms with Crippen LogP contribution in [0.25, 0.3) is 0 Å². The monoisotopic (exact) mass is 399 g/mol. The van der Waals surface area contributed by atoms with Gasteiger partial charge in [-0.1, -0.05) is 24.3 Å². The predicted octanol–water partition coefficient (Wildman–Crippen LogP) is 3.55. The standard InChI is InChI=1S/C23H33N3O3/c1-5-6-7-8-9-21(27)25-14-18-15-26(23(28)24(2)3)22(20(18)16-25)17-10-12-19(29-4)13-11-17/h5-6,10-13,18,20,22H,7-9,14-16H2,1-4H3/t18-,20-,22+/m1/s1. The van der Waals surface area contributed by atoms with Gasteiger partial charge in [0.05, 0.1) is 13.2 Å². The molecule has 2 aliphatic rings. The second-order valence-corrected chi connectivity index (χ2v) is 8.23. The number of fused-ring (bicyclic) bond motifs is 1. The number of hydrogen-bond donors (Lipinski definition) is 0. The van der Waals surface area contributed by atoms with E-state index in [1.807, 2.05) is 47.1 Å². The number of unbranched alkanes of at least 4 members (excludes halogenated alkanes) is 1. The van der Waals surface area contributed by atoms with Crippen LogP contribution in [0.1, 0.15) is 37.8 Å². The highest BCUT2D eigenvalue weighted by molar-refractivity contribution is 5.77. The molecule has 6 nitrogen and oxygen atoms in total. The topological polar surface area (TPSA) is 53.1 Å². The minimum Gasteiger partial charge on any atom is -0.497 e. The highest BCUT2D eigenvalue weighted by Crippen LogP contribution is 2.45. The van der Waals surface area contributed by atoms with E-state index in [1.165, 1.54) is 0 Å². The lowest BCUT2D eigenvalue weighted by Crippen LogP contribution is -2.42. The molecule has 2 saturated heterocycles. The Labute approximate surface area is 174 Å². The van der Waals surface area contributed by atoms with Crippen LogP contribution in [0.4, 0.5) is 4.79 Å². The van der Waals surface area contributed by atoms with Crippen LogP contribution in [0.2, 0.25) is 0 Å². The van der Waals surface area contributed by atoms with Crippen molar-refractivity contribution in [1.29, 1.82) is 0 Å². The number of nitrogens with zero attached hydrogens (tertiary/aromatic N) is 3. The first-order chi connectivity index (χ1) is 14.0. The van der Waals surface area contributed by atoms with Crippen LogP contribution in [0.15, 0.2) is 36.4 Å². The summed E-state index contributed by atoms with van der Waals surface area (Å²) >= 11 is 0. The molecule has 2 fully saturated rings. The van der Waals surface area contributed by atoms with E-state index in [0.29, 0.717) is 18.9 Å². The van der Waals surface area contributed by atoms with Crippen molar-refractivity contribution >= 4 is 11.9 Å². The number of amides is 3. The maximum atomic E-state index is 12.8. The van der Waals surface area contributed by atoms with E-state index < -0.39 is 0 Å². The summed E-state index contributed by atoms with van der Waals surface area (Å²) in [6.07, 6.45) is 6.57. The van der Waals surface area contributed by atoms with E-state index in [9.17, 15) is 9.59 Å². The molecule has 3 atom stereocenters. The van der Waals surface area contributed by atoms with Gasteiger partial charge >= 0.3 is 6.03 Å². The molecule has 0 spiro atoms. The van der Waals surface area contributed by atoms with E-state index in [1.54, 1.807) is 26.1 Å². The highest BCUT2D eigenvalue weighted by Gasteiger charge is 2.50. The average Bonchev–Trinajstić information content (AvgIpc) is 3.28. The molecule has 158 valence electrons. The molecule has 1 aromatic carbocycles. The molecule has 0 saturated carbocycles. The largest absolute Gasteiger partial charge is 0.497 e. The van der Waals surface area contributed by atoms with Crippen LogP contribution in [0.5, 0.6) is 5.75 Å². The Bertz CT molecular complexity index is 744. The predicted molar refractivity (Wildman–Crippen MR) is 114 cm³/mol. The van der Waals surface area contributed by atoms with Crippen LogP contribution in [-0.4, -0.2) is 67.5 Å². The molecule has 2 heterocycles. The molecule has 0 aromatic heterocycles. The van der Waals surface area contributed by atoms with Crippen LogP contribution < -0.4 is 4.74 Å². The van der Waals surface area contributed by atoms with Gasteiger partial charge in [0.25, 0.3) is 0 Å². The van der Waals surface area contributed by atoms with Crippen molar-refractivity contribution in [2.45, 2.75) is 32.2 Å². The van der Waals surface area contributed by atoms with Crippen molar-refractivity contribution in [3.63, 3.8) is 0 Å². The molecule has 1 aromatic rings. The Morgan fingerprint density at radius 2 is 1.90 bits per heavy atom. The van der Waals surface area contributed by atoms with Gasteiger partial charge in [-0.05, 0) is 37.5 Å². The summed E-state index contributed by atoms with van der Waals surface area (Å²) in [5.41, 5.74) is 1.11. The summed E-state index contributed by atoms with van der Waals surface area (Å²) in [5, 5.41) is 0. The molecule has 29 heavy (non-hydrogen) atoms. The lowest BCUT2D eigenvalue weighted by atomic mass is 9.89. The number of ether oxygens (including phenoxy) is 1. The first-order valence-corrected chi connectivity index (χ1v) is 10.5. The molecule has 0 N–H and O–H groups in total. The molecule has 2 aliphatic heterocycles. The Balaban J connectivity index is 1.75. The molecule has 0 aliphatic carbocycles. The minimum atomic E-state index is -0.0124. The van der Waals surface area contributed by atoms with Crippen molar-refractivity contribution in [3.05, 3.63) is 42.0 Å². The average molecular weight is 400 g/mol. The van der Waals surface area contributed by atoms with Gasteiger partial charge in [-0.25, -0.2) is 4.79 Å². The van der Waals surface area contributed by atoms with Crippen LogP contribution >= 0.6 is 0 Å². The van der Waals surface area contributed by atoms with E-state index >= 15 is 0 Å². The summed E-state index contributed by atoms with van der Waals surface area (Å²) in [4.78, 5) is 31.2. The SMILES string of the molecule is CC=CCCCC(=O)N1C[C@@H]2CN(C(=O)N(C)C)[C@@H](c3ccc(OC)cc3)[C@@H]2C1. The summed E-state index contributed by atoms with van der Waals surface area (Å²) in [5.74, 6) is 1.64. The number of hydrogen-bond acceptors (Lipinski definition) is 3. The number of benzene rings is 1. The number of rotatable bonds is 6. The Morgan fingerprint density at radius 1 is 1.17 bits per heavy atom. The maximum absolute atomic E-state index is 12.8. The number of likely N-dealkylation sites (tertiary alicyclic amines) is 2. The van der Waals surface area contributed by atoms with Gasteiger partial charge in [-0.15, -0.1) is 0 Å². The van der Waals surface area contributed by atoms with E-state index in [4.69, 9.17) is 4.74 Å². The summed E-state index contributed by atoms with van der Waals surface area (Å²) in [6.45, 7) is 4.17. The van der Waals surface area contributed by atoms with Crippen LogP contribution in [-0.2, 0) is 4.79 Å². The molecule has 0 bridgehead atoms. The van der Waals surface area contributed by atoms with Crippen molar-refractivity contribution < 1.29 is 14.3 Å². The highest BCUT2D eigenvalue weighted by atomic mass is 16.5. The first kappa shape index (κ1) is 21.2. The molecule has 0 radical (unpaired) electrons. The third-order valence-electron chi connectivity index (χ3n) is 6.10. The fraction of sp³-hybridized carbons (Fsp3) is 0.565. The molecule has 3 rings (SSSR count). The zero-order chi connectivity index (χ0) is 21.0. The van der Waals surface area contributed by atoms with Gasteiger partial charge in [0.15, 0.2) is 0 Å². The smallest absolute Gasteiger partial charge is 0.320 e. The molecular weight excluding hydrogens is 366 g/mol. The number of allylic oxidation sites excluding steroid dienone is 2. The third kappa shape index (κ3) is 4.57. The van der Waals surface area contributed by atoms with E-state index in [2.05, 4.69) is 6.08 Å². The van der Waals surface area contributed by atoms with Gasteiger partial charge in [0, 0.05) is 52.0 Å². The number of methoxy groups -OCH3 is 1. The second-order valence-electron chi connectivity index (χ2n) is 8.23. The molecular formula is C23H33N3O3. The second kappa shape index (κ2) is 9.33. The molecule has 6 heteroatoms. The van der Waals surface area contributed by atoms with Crippen molar-refractivity contribution in [2.24, 2.45) is 11.8 Å². The Morgan fingerprint density at radius 3 is 2.52 bits per heavy atom. The quantitative estimate of drug-likeness (QED) is 0.543. The number of carbonyl (C=O) groups excluding carboxylic acids is 2. The van der Waals surface area contributed by atoms with E-state index in [-0.39, 0.29) is 23.9 Å². The van der Waals surface area contributed by atoms with Crippen LogP contribution in [0, 0.1) is 11.8 Å². The maximum Gasteiger partial charge on any atom is 0.320 e. The van der Waals surface area contributed by atoms with Gasteiger partial charge in [-0.2, -0.15) is 0 Å². The lowest BCUT2D eigenvalue weighted by molar-refractivity contribution is -0.130. The minimum absolute atomic E-state index is 0.0124. The normalized spacial score (nSPS) is 23.5. The summed E-state index contributed by atoms with van der Waals surface area (Å²) in [7, 11) is 5.24. The Kier molecular flexibility index (Phi) is 6.83. The third-order valence-corrected chi connectivity index (χ3v) is 6.10. The van der Waals surface area contributed by atoms with Crippen LogP contribution in [0.3, 0.4) is 0 Å². The fourth-order valence-corrected chi connectivity index (χ4v) is 4.63. The number of urea groups is 1. The van der Waals surface area contributed by atoms with E-state index in [0.717, 1.165) is 37.2 Å². The fourth-order valence-electron chi connectivity index (χ4n) is 4.63. The molecule has 0 unspecified atom stereocenters. The first-order valence-electron chi connectivity index (χ1n) is 10.5. The van der Waals surface area contributed by atoms with Crippen molar-refractivity contribution in [1.82, 2.24) is 14.7 Å². The summed E-state index contributed by atoms with van der Waals surface area (Å²) in [6, 6.07) is 8.00. The summed E-state index contributed by atoms with van der Waals surface area (Å²) < 4.78 is 5.29. The molecule has 3 amide bonds. The zero-order valence-electron chi connectivity index (χ0n) is 18.0. The van der Waals surface area contributed by atoms with Crippen molar-refractivity contribution in [2.75, 3.05) is 40.8 Å². The Hall–Kier alpha value is -2.50.